The molecule has 2 N–H and O–H groups in total. The number of pyridine rings is 1. The highest BCUT2D eigenvalue weighted by molar-refractivity contribution is 5.08. The van der Waals surface area contributed by atoms with Crippen LogP contribution in [-0.2, 0) is 0 Å². The fourth-order valence-corrected chi connectivity index (χ4v) is 3.23. The summed E-state index contributed by atoms with van der Waals surface area (Å²) < 4.78 is 0. The summed E-state index contributed by atoms with van der Waals surface area (Å²) in [5, 5.41) is 0. The molecule has 0 spiro atoms. The lowest BCUT2D eigenvalue weighted by atomic mass is 9.86. The third-order valence-electron chi connectivity index (χ3n) is 4.39. The van der Waals surface area contributed by atoms with Gasteiger partial charge in [-0.05, 0) is 57.2 Å². The van der Waals surface area contributed by atoms with Gasteiger partial charge in [0.15, 0.2) is 0 Å². The molecule has 2 rings (SSSR count). The van der Waals surface area contributed by atoms with Gasteiger partial charge in [0.25, 0.3) is 0 Å². The van der Waals surface area contributed by atoms with Gasteiger partial charge in [-0.2, -0.15) is 0 Å². The van der Waals surface area contributed by atoms with Gasteiger partial charge in [0.05, 0.1) is 11.7 Å². The minimum Gasteiger partial charge on any atom is -0.328 e. The van der Waals surface area contributed by atoms with Gasteiger partial charge in [-0.25, -0.2) is 0 Å². The van der Waals surface area contributed by atoms with Crippen molar-refractivity contribution < 1.29 is 0 Å². The Morgan fingerprint density at radius 3 is 2.63 bits per heavy atom. The molecule has 0 amide bonds. The Bertz CT molecular complexity index is 358. The molecular formula is C16H27N3. The molecule has 1 fully saturated rings. The molecular weight excluding hydrogens is 234 g/mol. The maximum absolute atomic E-state index is 5.98. The monoisotopic (exact) mass is 261 g/mol. The second kappa shape index (κ2) is 7.01. The third kappa shape index (κ3) is 4.02. The Labute approximate surface area is 117 Å². The number of aromatic nitrogens is 1. The molecule has 1 aromatic rings. The molecule has 1 saturated carbocycles. The molecule has 1 aliphatic carbocycles. The SMILES string of the molecule is CCC(c1ccccn1)N(C)CC1CCC(N)CC1. The molecule has 1 heterocycles. The van der Waals surface area contributed by atoms with Crippen LogP contribution in [-0.4, -0.2) is 29.5 Å². The molecule has 1 aromatic heterocycles. The number of hydrogen-bond donors (Lipinski definition) is 1. The van der Waals surface area contributed by atoms with E-state index >= 15 is 0 Å². The van der Waals surface area contributed by atoms with Crippen LogP contribution < -0.4 is 5.73 Å². The maximum Gasteiger partial charge on any atom is 0.0575 e. The first kappa shape index (κ1) is 14.5. The average Bonchev–Trinajstić information content (AvgIpc) is 2.43. The predicted octanol–water partition coefficient (Wildman–Crippen LogP) is 2.98. The van der Waals surface area contributed by atoms with Crippen LogP contribution in [0.4, 0.5) is 0 Å². The smallest absolute Gasteiger partial charge is 0.0575 e. The summed E-state index contributed by atoms with van der Waals surface area (Å²) in [4.78, 5) is 6.99. The van der Waals surface area contributed by atoms with Gasteiger partial charge in [-0.1, -0.05) is 13.0 Å². The summed E-state index contributed by atoms with van der Waals surface area (Å²) >= 11 is 0. The van der Waals surface area contributed by atoms with Crippen LogP contribution in [0.1, 0.15) is 50.8 Å². The van der Waals surface area contributed by atoms with Gasteiger partial charge >= 0.3 is 0 Å². The van der Waals surface area contributed by atoms with E-state index in [2.05, 4.69) is 36.0 Å². The molecule has 0 saturated heterocycles. The quantitative estimate of drug-likeness (QED) is 0.886. The highest BCUT2D eigenvalue weighted by Crippen LogP contribution is 2.27. The standard InChI is InChI=1S/C16H27N3/c1-3-16(15-6-4-5-11-18-15)19(2)12-13-7-9-14(17)10-8-13/h4-6,11,13-14,16H,3,7-10,12,17H2,1-2H3. The van der Waals surface area contributed by atoms with Crippen LogP contribution in [0.15, 0.2) is 24.4 Å². The van der Waals surface area contributed by atoms with Gasteiger partial charge in [0.1, 0.15) is 0 Å². The van der Waals surface area contributed by atoms with Gasteiger partial charge < -0.3 is 5.73 Å². The largest absolute Gasteiger partial charge is 0.328 e. The Balaban J connectivity index is 1.92. The van der Waals surface area contributed by atoms with Gasteiger partial charge in [0.2, 0.25) is 0 Å². The number of rotatable bonds is 5. The molecule has 0 bridgehead atoms. The zero-order valence-corrected chi connectivity index (χ0v) is 12.3. The minimum atomic E-state index is 0.441. The molecule has 19 heavy (non-hydrogen) atoms. The topological polar surface area (TPSA) is 42.2 Å². The molecule has 106 valence electrons. The van der Waals surface area contributed by atoms with Gasteiger partial charge in [0, 0.05) is 18.8 Å². The van der Waals surface area contributed by atoms with E-state index in [0.29, 0.717) is 12.1 Å². The molecule has 1 aliphatic rings. The van der Waals surface area contributed by atoms with E-state index in [1.807, 2.05) is 12.3 Å². The molecule has 0 aromatic carbocycles. The van der Waals surface area contributed by atoms with Crippen molar-refractivity contribution in [2.45, 2.75) is 51.1 Å². The summed E-state index contributed by atoms with van der Waals surface area (Å²) in [5.74, 6) is 0.808. The maximum atomic E-state index is 5.98. The average molecular weight is 261 g/mol. The summed E-state index contributed by atoms with van der Waals surface area (Å²) in [6.45, 7) is 3.41. The first-order chi connectivity index (χ1) is 9.20. The molecule has 1 unspecified atom stereocenters. The van der Waals surface area contributed by atoms with E-state index in [1.165, 1.54) is 37.9 Å². The highest BCUT2D eigenvalue weighted by atomic mass is 15.1. The summed E-state index contributed by atoms with van der Waals surface area (Å²) in [5.41, 5.74) is 7.18. The van der Waals surface area contributed by atoms with E-state index in [1.54, 1.807) is 0 Å². The van der Waals surface area contributed by atoms with Crippen molar-refractivity contribution in [3.05, 3.63) is 30.1 Å². The van der Waals surface area contributed by atoms with E-state index in [-0.39, 0.29) is 0 Å². The van der Waals surface area contributed by atoms with Crippen molar-refractivity contribution in [2.75, 3.05) is 13.6 Å². The minimum absolute atomic E-state index is 0.441. The van der Waals surface area contributed by atoms with Gasteiger partial charge in [-0.15, -0.1) is 0 Å². The van der Waals surface area contributed by atoms with Crippen molar-refractivity contribution in [3.63, 3.8) is 0 Å². The molecule has 0 radical (unpaired) electrons. The Kier molecular flexibility index (Phi) is 5.34. The van der Waals surface area contributed by atoms with Crippen molar-refractivity contribution in [2.24, 2.45) is 11.7 Å². The van der Waals surface area contributed by atoms with E-state index in [0.717, 1.165) is 12.3 Å². The van der Waals surface area contributed by atoms with Crippen LogP contribution in [0.2, 0.25) is 0 Å². The first-order valence-electron chi connectivity index (χ1n) is 7.57. The molecule has 0 aliphatic heterocycles. The lowest BCUT2D eigenvalue weighted by Crippen LogP contribution is -2.34. The van der Waals surface area contributed by atoms with Gasteiger partial charge in [-0.3, -0.25) is 9.88 Å². The zero-order valence-electron chi connectivity index (χ0n) is 12.3. The van der Waals surface area contributed by atoms with Crippen LogP contribution in [0, 0.1) is 5.92 Å². The zero-order chi connectivity index (χ0) is 13.7. The summed E-state index contributed by atoms with van der Waals surface area (Å²) in [6.07, 6.45) is 7.96. The molecule has 3 heteroatoms. The predicted molar refractivity (Wildman–Crippen MR) is 79.8 cm³/mol. The molecule has 3 nitrogen and oxygen atoms in total. The van der Waals surface area contributed by atoms with Crippen molar-refractivity contribution in [1.29, 1.82) is 0 Å². The first-order valence-corrected chi connectivity index (χ1v) is 7.57. The molecule has 1 atom stereocenters. The summed E-state index contributed by atoms with van der Waals surface area (Å²) in [7, 11) is 2.23. The Morgan fingerprint density at radius 2 is 2.05 bits per heavy atom. The Hall–Kier alpha value is -0.930. The van der Waals surface area contributed by atoms with Crippen molar-refractivity contribution >= 4 is 0 Å². The number of nitrogens with two attached hydrogens (primary N) is 1. The van der Waals surface area contributed by atoms with Crippen molar-refractivity contribution in [1.82, 2.24) is 9.88 Å². The van der Waals surface area contributed by atoms with E-state index < -0.39 is 0 Å². The fraction of sp³-hybridized carbons (Fsp3) is 0.688. The van der Waals surface area contributed by atoms with Crippen LogP contribution in [0.25, 0.3) is 0 Å². The fourth-order valence-electron chi connectivity index (χ4n) is 3.23. The van der Waals surface area contributed by atoms with Crippen LogP contribution in [0.5, 0.6) is 0 Å². The second-order valence-corrected chi connectivity index (χ2v) is 5.90. The van der Waals surface area contributed by atoms with Crippen molar-refractivity contribution in [3.8, 4) is 0 Å². The highest BCUT2D eigenvalue weighted by Gasteiger charge is 2.23. The van der Waals surface area contributed by atoms with E-state index in [4.69, 9.17) is 5.73 Å². The number of hydrogen-bond acceptors (Lipinski definition) is 3. The van der Waals surface area contributed by atoms with Crippen LogP contribution in [0.3, 0.4) is 0 Å². The van der Waals surface area contributed by atoms with E-state index in [9.17, 15) is 0 Å². The third-order valence-corrected chi connectivity index (χ3v) is 4.39. The second-order valence-electron chi connectivity index (χ2n) is 5.90. The summed E-state index contributed by atoms with van der Waals surface area (Å²) in [6, 6.07) is 7.09. The number of nitrogens with zero attached hydrogens (tertiary/aromatic N) is 2. The normalized spacial score (nSPS) is 25.5. The lowest BCUT2D eigenvalue weighted by Gasteiger charge is -2.33. The Morgan fingerprint density at radius 1 is 1.32 bits per heavy atom. The lowest BCUT2D eigenvalue weighted by molar-refractivity contribution is 0.171. The van der Waals surface area contributed by atoms with Crippen LogP contribution >= 0.6 is 0 Å².